The van der Waals surface area contributed by atoms with Gasteiger partial charge in [0.25, 0.3) is 0 Å². The van der Waals surface area contributed by atoms with Gasteiger partial charge in [0, 0.05) is 30.2 Å². The lowest BCUT2D eigenvalue weighted by Gasteiger charge is -2.40. The van der Waals surface area contributed by atoms with Crippen LogP contribution in [0.25, 0.3) is 0 Å². The van der Waals surface area contributed by atoms with Crippen LogP contribution in [0.5, 0.6) is 0 Å². The molecule has 1 saturated heterocycles. The number of hydrogen-bond acceptors (Lipinski definition) is 2. The van der Waals surface area contributed by atoms with Gasteiger partial charge in [-0.3, -0.25) is 9.69 Å². The molecule has 3 nitrogen and oxygen atoms in total. The van der Waals surface area contributed by atoms with Gasteiger partial charge in [0.2, 0.25) is 5.91 Å². The molecule has 3 unspecified atom stereocenters. The monoisotopic (exact) mass is 384 g/mol. The second-order valence-electron chi connectivity index (χ2n) is 7.58. The second kappa shape index (κ2) is 9.38. The highest BCUT2D eigenvalue weighted by Crippen LogP contribution is 2.35. The number of nitrogens with one attached hydrogen (secondary N) is 1. The molecule has 0 spiro atoms. The van der Waals surface area contributed by atoms with E-state index in [1.165, 1.54) is 11.1 Å². The zero-order valence-electron chi connectivity index (χ0n) is 16.2. The number of hydrogen-bond donors (Lipinski definition) is 1. The largest absolute Gasteiger partial charge is 0.353 e. The molecule has 3 atom stereocenters. The van der Waals surface area contributed by atoms with E-state index in [1.807, 2.05) is 18.2 Å². The van der Waals surface area contributed by atoms with Crippen LogP contribution in [0.15, 0.2) is 54.6 Å². The van der Waals surface area contributed by atoms with E-state index in [9.17, 15) is 4.79 Å². The van der Waals surface area contributed by atoms with Gasteiger partial charge >= 0.3 is 0 Å². The van der Waals surface area contributed by atoms with Crippen molar-refractivity contribution in [1.29, 1.82) is 0 Å². The average Bonchev–Trinajstić information content (AvgIpc) is 2.68. The molecule has 3 rings (SSSR count). The molecule has 1 aliphatic heterocycles. The molecule has 0 aliphatic carbocycles. The van der Waals surface area contributed by atoms with Gasteiger partial charge in [0.05, 0.1) is 5.92 Å². The molecule has 1 heterocycles. The summed E-state index contributed by atoms with van der Waals surface area (Å²) in [6.07, 6.45) is 2.87. The van der Waals surface area contributed by atoms with Gasteiger partial charge in [-0.15, -0.1) is 0 Å². The van der Waals surface area contributed by atoms with Crippen LogP contribution >= 0.6 is 11.6 Å². The molecule has 27 heavy (non-hydrogen) atoms. The molecule has 0 saturated carbocycles. The van der Waals surface area contributed by atoms with Gasteiger partial charge < -0.3 is 5.32 Å². The van der Waals surface area contributed by atoms with Crippen LogP contribution in [0.1, 0.15) is 50.3 Å². The SMILES string of the molecule is CCC(C)NC(=O)C1CCC(c2ccccc2)N(Cc2cccc(Cl)c2)C1. The molecule has 144 valence electrons. The molecule has 0 bridgehead atoms. The number of amides is 1. The number of benzene rings is 2. The lowest BCUT2D eigenvalue weighted by atomic mass is 9.88. The summed E-state index contributed by atoms with van der Waals surface area (Å²) in [5.41, 5.74) is 2.51. The van der Waals surface area contributed by atoms with Crippen molar-refractivity contribution in [3.8, 4) is 0 Å². The van der Waals surface area contributed by atoms with Gasteiger partial charge in [0.1, 0.15) is 0 Å². The van der Waals surface area contributed by atoms with Crippen LogP contribution in [0.3, 0.4) is 0 Å². The van der Waals surface area contributed by atoms with E-state index in [0.29, 0.717) is 6.04 Å². The van der Waals surface area contributed by atoms with E-state index < -0.39 is 0 Å². The molecule has 1 fully saturated rings. The molecule has 2 aromatic rings. The molecule has 0 aromatic heterocycles. The summed E-state index contributed by atoms with van der Waals surface area (Å²) in [7, 11) is 0. The first-order valence-electron chi connectivity index (χ1n) is 9.90. The number of likely N-dealkylation sites (tertiary alicyclic amines) is 1. The lowest BCUT2D eigenvalue weighted by Crippen LogP contribution is -2.46. The third-order valence-electron chi connectivity index (χ3n) is 5.52. The number of rotatable bonds is 6. The van der Waals surface area contributed by atoms with Gasteiger partial charge in [0.15, 0.2) is 0 Å². The van der Waals surface area contributed by atoms with Gasteiger partial charge in [-0.05, 0) is 49.4 Å². The number of piperidine rings is 1. The Morgan fingerprint density at radius 2 is 1.96 bits per heavy atom. The smallest absolute Gasteiger partial charge is 0.224 e. The van der Waals surface area contributed by atoms with Crippen molar-refractivity contribution < 1.29 is 4.79 Å². The summed E-state index contributed by atoms with van der Waals surface area (Å²) in [6.45, 7) is 5.74. The first-order chi connectivity index (χ1) is 13.1. The molecule has 1 aliphatic rings. The maximum Gasteiger partial charge on any atom is 0.224 e. The minimum atomic E-state index is 0.0400. The second-order valence-corrected chi connectivity index (χ2v) is 8.01. The van der Waals surface area contributed by atoms with E-state index in [0.717, 1.165) is 37.4 Å². The van der Waals surface area contributed by atoms with Crippen molar-refractivity contribution >= 4 is 17.5 Å². The average molecular weight is 385 g/mol. The minimum Gasteiger partial charge on any atom is -0.353 e. The Morgan fingerprint density at radius 1 is 1.19 bits per heavy atom. The van der Waals surface area contributed by atoms with Crippen LogP contribution in [-0.4, -0.2) is 23.4 Å². The van der Waals surface area contributed by atoms with Crippen LogP contribution in [0.4, 0.5) is 0 Å². The quantitative estimate of drug-likeness (QED) is 0.741. The third-order valence-corrected chi connectivity index (χ3v) is 5.75. The topological polar surface area (TPSA) is 32.3 Å². The highest BCUT2D eigenvalue weighted by atomic mass is 35.5. The van der Waals surface area contributed by atoms with Crippen LogP contribution in [0.2, 0.25) is 5.02 Å². The van der Waals surface area contributed by atoms with E-state index in [-0.39, 0.29) is 17.9 Å². The van der Waals surface area contributed by atoms with Crippen molar-refractivity contribution in [2.75, 3.05) is 6.54 Å². The minimum absolute atomic E-state index is 0.0400. The molecule has 1 N–H and O–H groups in total. The summed E-state index contributed by atoms with van der Waals surface area (Å²) < 4.78 is 0. The Labute approximate surface area is 167 Å². The highest BCUT2D eigenvalue weighted by Gasteiger charge is 2.33. The first kappa shape index (κ1) is 19.9. The lowest BCUT2D eigenvalue weighted by molar-refractivity contribution is -0.128. The molecule has 4 heteroatoms. The fraction of sp³-hybridized carbons (Fsp3) is 0.435. The Bertz CT molecular complexity index is 749. The molecule has 2 aromatic carbocycles. The predicted molar refractivity (Wildman–Crippen MR) is 112 cm³/mol. The molecular weight excluding hydrogens is 356 g/mol. The van der Waals surface area contributed by atoms with Gasteiger partial charge in [-0.2, -0.15) is 0 Å². The zero-order chi connectivity index (χ0) is 19.2. The molecule has 0 radical (unpaired) electrons. The van der Waals surface area contributed by atoms with Crippen LogP contribution in [-0.2, 0) is 11.3 Å². The molecular formula is C23H29ClN2O. The Morgan fingerprint density at radius 3 is 2.67 bits per heavy atom. The van der Waals surface area contributed by atoms with Crippen molar-refractivity contribution in [3.63, 3.8) is 0 Å². The van der Waals surface area contributed by atoms with E-state index >= 15 is 0 Å². The molecule has 1 amide bonds. The first-order valence-corrected chi connectivity index (χ1v) is 10.3. The van der Waals surface area contributed by atoms with E-state index in [1.54, 1.807) is 0 Å². The maximum atomic E-state index is 12.7. The Hall–Kier alpha value is -1.84. The summed E-state index contributed by atoms with van der Waals surface area (Å²) >= 11 is 6.19. The number of carbonyl (C=O) groups excluding carboxylic acids is 1. The van der Waals surface area contributed by atoms with Crippen LogP contribution in [0, 0.1) is 5.92 Å². The normalized spacial score (nSPS) is 21.6. The van der Waals surface area contributed by atoms with Crippen molar-refractivity contribution in [3.05, 3.63) is 70.7 Å². The fourth-order valence-corrected chi connectivity index (χ4v) is 4.03. The maximum absolute atomic E-state index is 12.7. The zero-order valence-corrected chi connectivity index (χ0v) is 17.0. The Kier molecular flexibility index (Phi) is 6.92. The number of nitrogens with zero attached hydrogens (tertiary/aromatic N) is 1. The van der Waals surface area contributed by atoms with Gasteiger partial charge in [-0.25, -0.2) is 0 Å². The predicted octanol–water partition coefficient (Wildman–Crippen LogP) is 5.21. The summed E-state index contributed by atoms with van der Waals surface area (Å²) in [6, 6.07) is 19.2. The van der Waals surface area contributed by atoms with E-state index in [2.05, 4.69) is 60.5 Å². The van der Waals surface area contributed by atoms with Gasteiger partial charge in [-0.1, -0.05) is 61.0 Å². The summed E-state index contributed by atoms with van der Waals surface area (Å²) in [5, 5.41) is 3.92. The van der Waals surface area contributed by atoms with E-state index in [4.69, 9.17) is 11.6 Å². The third kappa shape index (κ3) is 5.33. The van der Waals surface area contributed by atoms with Crippen LogP contribution < -0.4 is 5.32 Å². The number of carbonyl (C=O) groups is 1. The summed E-state index contributed by atoms with van der Waals surface area (Å²) in [4.78, 5) is 15.1. The number of halogens is 1. The fourth-order valence-electron chi connectivity index (χ4n) is 3.82. The van der Waals surface area contributed by atoms with Crippen molar-refractivity contribution in [2.45, 2.75) is 51.7 Å². The van der Waals surface area contributed by atoms with Crippen molar-refractivity contribution in [1.82, 2.24) is 10.2 Å². The Balaban J connectivity index is 1.78. The standard InChI is InChI=1S/C23H29ClN2O/c1-3-17(2)25-23(27)20-12-13-22(19-9-5-4-6-10-19)26(16-20)15-18-8-7-11-21(24)14-18/h4-11,14,17,20,22H,3,12-13,15-16H2,1-2H3,(H,25,27). The summed E-state index contributed by atoms with van der Waals surface area (Å²) in [5.74, 6) is 0.227. The van der Waals surface area contributed by atoms with Crippen molar-refractivity contribution in [2.24, 2.45) is 5.92 Å². The highest BCUT2D eigenvalue weighted by molar-refractivity contribution is 6.30.